The fraction of sp³-hybridized carbons (Fsp3) is 0.625. The molecule has 1 aromatic rings. The standard InChI is InChI=1S/C16H25Cl/c1-12(2)15-8-6-14(7-9-15)10-16(5,11-17)13(3)4/h6-9,12-13H,10-11H2,1-5H3. The van der Waals surface area contributed by atoms with E-state index >= 15 is 0 Å². The fourth-order valence-corrected chi connectivity index (χ4v) is 2.30. The van der Waals surface area contributed by atoms with E-state index in [4.69, 9.17) is 11.6 Å². The van der Waals surface area contributed by atoms with Crippen molar-refractivity contribution in [2.75, 3.05) is 5.88 Å². The van der Waals surface area contributed by atoms with Crippen molar-refractivity contribution in [1.82, 2.24) is 0 Å². The molecule has 0 aromatic heterocycles. The molecule has 0 nitrogen and oxygen atoms in total. The molecule has 0 aliphatic rings. The highest BCUT2D eigenvalue weighted by atomic mass is 35.5. The summed E-state index contributed by atoms with van der Waals surface area (Å²) in [5, 5.41) is 0. The van der Waals surface area contributed by atoms with E-state index in [9.17, 15) is 0 Å². The summed E-state index contributed by atoms with van der Waals surface area (Å²) in [5.74, 6) is 1.93. The molecule has 1 heteroatoms. The number of benzene rings is 1. The Bertz CT molecular complexity index is 337. The lowest BCUT2D eigenvalue weighted by atomic mass is 9.76. The lowest BCUT2D eigenvalue weighted by Crippen LogP contribution is -2.28. The molecule has 0 aliphatic heterocycles. The van der Waals surface area contributed by atoms with Crippen LogP contribution in [-0.4, -0.2) is 5.88 Å². The van der Waals surface area contributed by atoms with Crippen LogP contribution in [0.25, 0.3) is 0 Å². The van der Waals surface area contributed by atoms with Crippen LogP contribution in [0.5, 0.6) is 0 Å². The maximum absolute atomic E-state index is 6.14. The predicted octanol–water partition coefficient (Wildman–Crippen LogP) is 5.25. The molecule has 0 N–H and O–H groups in total. The number of hydrogen-bond donors (Lipinski definition) is 0. The third-order valence-corrected chi connectivity index (χ3v) is 4.56. The van der Waals surface area contributed by atoms with Crippen molar-refractivity contribution in [2.45, 2.75) is 47.0 Å². The van der Waals surface area contributed by atoms with E-state index in [1.807, 2.05) is 0 Å². The monoisotopic (exact) mass is 252 g/mol. The lowest BCUT2D eigenvalue weighted by molar-refractivity contribution is 0.253. The molecular weight excluding hydrogens is 228 g/mol. The lowest BCUT2D eigenvalue weighted by Gasteiger charge is -2.31. The first kappa shape index (κ1) is 14.6. The van der Waals surface area contributed by atoms with Gasteiger partial charge in [0, 0.05) is 5.88 Å². The minimum absolute atomic E-state index is 0.195. The second-order valence-corrected chi connectivity index (χ2v) is 6.28. The Balaban J connectivity index is 2.81. The van der Waals surface area contributed by atoms with Crippen LogP contribution in [0.1, 0.15) is 51.7 Å². The highest BCUT2D eigenvalue weighted by Crippen LogP contribution is 2.32. The summed E-state index contributed by atoms with van der Waals surface area (Å²) >= 11 is 6.14. The molecular formula is C16H25Cl. The molecule has 1 atom stereocenters. The van der Waals surface area contributed by atoms with E-state index in [1.54, 1.807) is 0 Å². The Morgan fingerprint density at radius 2 is 1.59 bits per heavy atom. The molecule has 0 spiro atoms. The van der Waals surface area contributed by atoms with Crippen molar-refractivity contribution in [1.29, 1.82) is 0 Å². The molecule has 1 rings (SSSR count). The van der Waals surface area contributed by atoms with Gasteiger partial charge in [0.05, 0.1) is 0 Å². The normalized spacial score (nSPS) is 15.3. The van der Waals surface area contributed by atoms with Crippen LogP contribution in [0, 0.1) is 11.3 Å². The van der Waals surface area contributed by atoms with E-state index in [1.165, 1.54) is 11.1 Å². The molecule has 0 fully saturated rings. The molecule has 1 aromatic carbocycles. The summed E-state index contributed by atoms with van der Waals surface area (Å²) < 4.78 is 0. The number of halogens is 1. The number of hydrogen-bond acceptors (Lipinski definition) is 0. The van der Waals surface area contributed by atoms with Crippen molar-refractivity contribution in [3.05, 3.63) is 35.4 Å². The van der Waals surface area contributed by atoms with Crippen molar-refractivity contribution in [2.24, 2.45) is 11.3 Å². The van der Waals surface area contributed by atoms with Crippen LogP contribution in [0.15, 0.2) is 24.3 Å². The van der Waals surface area contributed by atoms with Gasteiger partial charge in [-0.2, -0.15) is 0 Å². The van der Waals surface area contributed by atoms with Gasteiger partial charge in [-0.3, -0.25) is 0 Å². The summed E-state index contributed by atoms with van der Waals surface area (Å²) in [6.45, 7) is 11.2. The van der Waals surface area contributed by atoms with E-state index in [0.717, 1.165) is 12.3 Å². The van der Waals surface area contributed by atoms with Crippen LogP contribution < -0.4 is 0 Å². The zero-order valence-corrected chi connectivity index (χ0v) is 12.5. The van der Waals surface area contributed by atoms with Crippen LogP contribution >= 0.6 is 11.6 Å². The molecule has 0 radical (unpaired) electrons. The third-order valence-electron chi connectivity index (χ3n) is 3.95. The van der Waals surface area contributed by atoms with Gasteiger partial charge in [-0.15, -0.1) is 11.6 Å². The Hall–Kier alpha value is -0.490. The third kappa shape index (κ3) is 3.74. The fourth-order valence-electron chi connectivity index (χ4n) is 1.89. The molecule has 96 valence electrons. The van der Waals surface area contributed by atoms with Crippen LogP contribution in [0.2, 0.25) is 0 Å². The molecule has 0 heterocycles. The zero-order chi connectivity index (χ0) is 13.1. The average Bonchev–Trinajstić information content (AvgIpc) is 2.29. The SMILES string of the molecule is CC(C)c1ccc(CC(C)(CCl)C(C)C)cc1. The van der Waals surface area contributed by atoms with E-state index < -0.39 is 0 Å². The molecule has 0 bridgehead atoms. The van der Waals surface area contributed by atoms with Crippen LogP contribution in [0.4, 0.5) is 0 Å². The topological polar surface area (TPSA) is 0 Å². The van der Waals surface area contributed by atoms with Gasteiger partial charge in [0.2, 0.25) is 0 Å². The molecule has 0 aliphatic carbocycles. The summed E-state index contributed by atoms with van der Waals surface area (Å²) in [6.07, 6.45) is 1.06. The summed E-state index contributed by atoms with van der Waals surface area (Å²) in [7, 11) is 0. The Labute approximate surface area is 111 Å². The van der Waals surface area contributed by atoms with Gasteiger partial charge < -0.3 is 0 Å². The van der Waals surface area contributed by atoms with E-state index in [0.29, 0.717) is 11.8 Å². The van der Waals surface area contributed by atoms with Gasteiger partial charge in [-0.1, -0.05) is 58.9 Å². The van der Waals surface area contributed by atoms with Crippen LogP contribution in [-0.2, 0) is 6.42 Å². The minimum Gasteiger partial charge on any atom is -0.126 e. The molecule has 1 unspecified atom stereocenters. The largest absolute Gasteiger partial charge is 0.126 e. The molecule has 0 saturated carbocycles. The maximum atomic E-state index is 6.14. The Kier molecular flexibility index (Phi) is 5.06. The Morgan fingerprint density at radius 3 is 1.94 bits per heavy atom. The molecule has 0 saturated heterocycles. The average molecular weight is 253 g/mol. The maximum Gasteiger partial charge on any atom is 0.0282 e. The molecule has 0 amide bonds. The molecule has 17 heavy (non-hydrogen) atoms. The first-order valence-electron chi connectivity index (χ1n) is 6.54. The Morgan fingerprint density at radius 1 is 1.06 bits per heavy atom. The summed E-state index contributed by atoms with van der Waals surface area (Å²) in [4.78, 5) is 0. The summed E-state index contributed by atoms with van der Waals surface area (Å²) in [5.41, 5.74) is 3.00. The zero-order valence-electron chi connectivity index (χ0n) is 11.8. The summed E-state index contributed by atoms with van der Waals surface area (Å²) in [6, 6.07) is 9.00. The highest BCUT2D eigenvalue weighted by Gasteiger charge is 2.27. The van der Waals surface area contributed by atoms with Crippen molar-refractivity contribution in [3.8, 4) is 0 Å². The van der Waals surface area contributed by atoms with Gasteiger partial charge in [-0.25, -0.2) is 0 Å². The van der Waals surface area contributed by atoms with Gasteiger partial charge in [0.15, 0.2) is 0 Å². The first-order chi connectivity index (χ1) is 7.89. The van der Waals surface area contributed by atoms with Crippen LogP contribution in [0.3, 0.4) is 0 Å². The number of rotatable bonds is 5. The second kappa shape index (κ2) is 5.91. The van der Waals surface area contributed by atoms with E-state index in [-0.39, 0.29) is 5.41 Å². The van der Waals surface area contributed by atoms with Crippen molar-refractivity contribution < 1.29 is 0 Å². The quantitative estimate of drug-likeness (QED) is 0.628. The minimum atomic E-state index is 0.195. The van der Waals surface area contributed by atoms with Gasteiger partial charge in [0.1, 0.15) is 0 Å². The van der Waals surface area contributed by atoms with Crippen molar-refractivity contribution >= 4 is 11.6 Å². The number of alkyl halides is 1. The van der Waals surface area contributed by atoms with E-state index in [2.05, 4.69) is 58.9 Å². The van der Waals surface area contributed by atoms with Crippen molar-refractivity contribution in [3.63, 3.8) is 0 Å². The predicted molar refractivity (Wildman–Crippen MR) is 77.9 cm³/mol. The second-order valence-electron chi connectivity index (χ2n) is 6.02. The van der Waals surface area contributed by atoms with Gasteiger partial charge >= 0.3 is 0 Å². The highest BCUT2D eigenvalue weighted by molar-refractivity contribution is 6.18. The van der Waals surface area contributed by atoms with Gasteiger partial charge in [-0.05, 0) is 34.8 Å². The van der Waals surface area contributed by atoms with Gasteiger partial charge in [0.25, 0.3) is 0 Å². The smallest absolute Gasteiger partial charge is 0.0282 e. The first-order valence-corrected chi connectivity index (χ1v) is 7.07.